The molecule has 13 heteroatoms. The van der Waals surface area contributed by atoms with Gasteiger partial charge < -0.3 is 9.15 Å². The number of alkyl halides is 2. The smallest absolute Gasteiger partial charge is 0.314 e. The zero-order valence-electron chi connectivity index (χ0n) is 15.6. The molecule has 0 aliphatic rings. The van der Waals surface area contributed by atoms with Crippen LogP contribution < -0.4 is 9.04 Å². The Kier molecular flexibility index (Phi) is 6.07. The van der Waals surface area contributed by atoms with Gasteiger partial charge in [-0.05, 0) is 13.8 Å². The van der Waals surface area contributed by atoms with E-state index in [4.69, 9.17) is 9.15 Å². The van der Waals surface area contributed by atoms with E-state index >= 15 is 0 Å². The van der Waals surface area contributed by atoms with Crippen LogP contribution >= 0.6 is 11.3 Å². The predicted molar refractivity (Wildman–Crippen MR) is 101 cm³/mol. The van der Waals surface area contributed by atoms with E-state index in [-0.39, 0.29) is 18.5 Å². The monoisotopic (exact) mass is 445 g/mol. The van der Waals surface area contributed by atoms with Gasteiger partial charge >= 0.3 is 6.43 Å². The molecule has 9 nitrogen and oxygen atoms in total. The summed E-state index contributed by atoms with van der Waals surface area (Å²) in [5, 5.41) is 7.23. The van der Waals surface area contributed by atoms with Crippen LogP contribution in [0.3, 0.4) is 0 Å². The molecule has 0 saturated carbocycles. The van der Waals surface area contributed by atoms with Gasteiger partial charge in [-0.3, -0.25) is 9.29 Å². The van der Waals surface area contributed by atoms with E-state index in [1.807, 2.05) is 13.8 Å². The number of ether oxygens (including phenoxy) is 1. The van der Waals surface area contributed by atoms with Crippen LogP contribution in [0.15, 0.2) is 29.1 Å². The van der Waals surface area contributed by atoms with Crippen molar-refractivity contribution in [1.29, 1.82) is 0 Å². The van der Waals surface area contributed by atoms with E-state index in [9.17, 15) is 17.2 Å². The lowest BCUT2D eigenvalue weighted by Gasteiger charge is -2.21. The standard InChI is InChI=1S/C16H17F2N5O4S2/c1-9(2)26-11-4-10(5-19-6-11)23(29(3,24)25)8-13-20-7-12(28-13)15-21-22-16(27-15)14(17)18/h4-7,9,14H,8H2,1-3H3. The Morgan fingerprint density at radius 1 is 1.24 bits per heavy atom. The van der Waals surface area contributed by atoms with Crippen LogP contribution in [0.1, 0.15) is 31.2 Å². The molecule has 0 saturated heterocycles. The average molecular weight is 445 g/mol. The number of pyridine rings is 1. The van der Waals surface area contributed by atoms with Gasteiger partial charge in [0.25, 0.3) is 11.8 Å². The fourth-order valence-electron chi connectivity index (χ4n) is 2.31. The molecule has 3 heterocycles. The molecule has 0 bridgehead atoms. The van der Waals surface area contributed by atoms with Crippen LogP contribution in [-0.2, 0) is 16.6 Å². The molecule has 0 aliphatic heterocycles. The van der Waals surface area contributed by atoms with Gasteiger partial charge in [0.1, 0.15) is 15.6 Å². The number of rotatable bonds is 8. The van der Waals surface area contributed by atoms with Gasteiger partial charge in [0.15, 0.2) is 0 Å². The molecule has 3 rings (SSSR count). The third-order valence-corrected chi connectivity index (χ3v) is 5.54. The third-order valence-electron chi connectivity index (χ3n) is 3.43. The van der Waals surface area contributed by atoms with E-state index in [1.54, 1.807) is 6.07 Å². The number of hydrogen-bond acceptors (Lipinski definition) is 9. The highest BCUT2D eigenvalue weighted by atomic mass is 32.2. The van der Waals surface area contributed by atoms with Crippen molar-refractivity contribution >= 4 is 27.0 Å². The van der Waals surface area contributed by atoms with Crippen molar-refractivity contribution in [1.82, 2.24) is 20.2 Å². The van der Waals surface area contributed by atoms with Crippen LogP contribution in [0, 0.1) is 0 Å². The molecule has 0 fully saturated rings. The number of halogens is 2. The molecule has 0 radical (unpaired) electrons. The van der Waals surface area contributed by atoms with Gasteiger partial charge in [-0.15, -0.1) is 21.5 Å². The maximum atomic E-state index is 12.6. The summed E-state index contributed by atoms with van der Waals surface area (Å²) in [4.78, 5) is 8.53. The van der Waals surface area contributed by atoms with Gasteiger partial charge in [-0.2, -0.15) is 8.78 Å². The molecule has 29 heavy (non-hydrogen) atoms. The summed E-state index contributed by atoms with van der Waals surface area (Å²) >= 11 is 1.05. The molecular weight excluding hydrogens is 428 g/mol. The second-order valence-electron chi connectivity index (χ2n) is 6.18. The molecule has 156 valence electrons. The van der Waals surface area contributed by atoms with Crippen molar-refractivity contribution in [2.45, 2.75) is 32.9 Å². The SMILES string of the molecule is CC(C)Oc1cncc(N(Cc2ncc(-c3nnc(C(F)F)o3)s2)S(C)(=O)=O)c1. The predicted octanol–water partition coefficient (Wildman–Crippen LogP) is 3.28. The van der Waals surface area contributed by atoms with Gasteiger partial charge in [-0.25, -0.2) is 13.4 Å². The Labute approximate surface area is 169 Å². The maximum absolute atomic E-state index is 12.6. The summed E-state index contributed by atoms with van der Waals surface area (Å²) < 4.78 is 61.5. The summed E-state index contributed by atoms with van der Waals surface area (Å²) in [6, 6.07) is 1.56. The van der Waals surface area contributed by atoms with E-state index in [2.05, 4.69) is 20.2 Å². The second-order valence-corrected chi connectivity index (χ2v) is 9.20. The first-order valence-electron chi connectivity index (χ1n) is 8.29. The molecule has 0 N–H and O–H groups in total. The minimum absolute atomic E-state index is 0.0911. The number of anilines is 1. The van der Waals surface area contributed by atoms with Gasteiger partial charge in [0, 0.05) is 6.07 Å². The fraction of sp³-hybridized carbons (Fsp3) is 0.375. The largest absolute Gasteiger partial charge is 0.489 e. The molecular formula is C16H17F2N5O4S2. The molecule has 0 atom stereocenters. The van der Waals surface area contributed by atoms with Gasteiger partial charge in [0.2, 0.25) is 10.0 Å². The lowest BCUT2D eigenvalue weighted by molar-refractivity contribution is 0.116. The van der Waals surface area contributed by atoms with E-state index < -0.39 is 22.3 Å². The Morgan fingerprint density at radius 2 is 2.00 bits per heavy atom. The number of aromatic nitrogens is 4. The van der Waals surface area contributed by atoms with E-state index in [1.165, 1.54) is 18.6 Å². The number of nitrogens with zero attached hydrogens (tertiary/aromatic N) is 5. The van der Waals surface area contributed by atoms with Crippen LogP contribution in [0.4, 0.5) is 14.5 Å². The van der Waals surface area contributed by atoms with Crippen LogP contribution in [0.25, 0.3) is 10.8 Å². The van der Waals surface area contributed by atoms with Crippen molar-refractivity contribution in [3.8, 4) is 16.5 Å². The zero-order valence-corrected chi connectivity index (χ0v) is 17.2. The number of sulfonamides is 1. The van der Waals surface area contributed by atoms with Gasteiger partial charge in [0.05, 0.1) is 43.2 Å². The summed E-state index contributed by atoms with van der Waals surface area (Å²) in [6.07, 6.45) is 2.33. The Hall–Kier alpha value is -2.67. The van der Waals surface area contributed by atoms with Crippen LogP contribution in [-0.4, -0.2) is 40.9 Å². The molecule has 3 aromatic heterocycles. The molecule has 0 aromatic carbocycles. The van der Waals surface area contributed by atoms with E-state index in [0.29, 0.717) is 21.3 Å². The molecule has 3 aromatic rings. The average Bonchev–Trinajstić information content (AvgIpc) is 3.27. The van der Waals surface area contributed by atoms with Gasteiger partial charge in [-0.1, -0.05) is 0 Å². The van der Waals surface area contributed by atoms with Crippen LogP contribution in [0.2, 0.25) is 0 Å². The summed E-state index contributed by atoms with van der Waals surface area (Å²) in [5.74, 6) is -0.471. The Bertz CT molecular complexity index is 1080. The first-order valence-corrected chi connectivity index (χ1v) is 11.0. The Morgan fingerprint density at radius 3 is 2.62 bits per heavy atom. The van der Waals surface area contributed by atoms with Crippen LogP contribution in [0.5, 0.6) is 5.75 Å². The highest BCUT2D eigenvalue weighted by Crippen LogP contribution is 2.30. The topological polar surface area (TPSA) is 111 Å². The summed E-state index contributed by atoms with van der Waals surface area (Å²) in [6.45, 7) is 3.59. The second kappa shape index (κ2) is 8.37. The molecule has 0 unspecified atom stereocenters. The molecule has 0 spiro atoms. The van der Waals surface area contributed by atoms with E-state index in [0.717, 1.165) is 21.9 Å². The van der Waals surface area contributed by atoms with Crippen molar-refractivity contribution in [2.24, 2.45) is 0 Å². The highest BCUT2D eigenvalue weighted by molar-refractivity contribution is 7.92. The van der Waals surface area contributed by atoms with Crippen molar-refractivity contribution in [2.75, 3.05) is 10.6 Å². The number of thiazole rings is 1. The fourth-order valence-corrected chi connectivity index (χ4v) is 4.06. The third kappa shape index (κ3) is 5.23. The lowest BCUT2D eigenvalue weighted by Crippen LogP contribution is -2.29. The first kappa shape index (κ1) is 21.0. The minimum Gasteiger partial charge on any atom is -0.489 e. The molecule has 0 aliphatic carbocycles. The highest BCUT2D eigenvalue weighted by Gasteiger charge is 2.23. The Balaban J connectivity index is 1.86. The number of hydrogen-bond donors (Lipinski definition) is 0. The minimum atomic E-state index is -3.67. The first-order chi connectivity index (χ1) is 13.6. The summed E-state index contributed by atoms with van der Waals surface area (Å²) in [7, 11) is -3.67. The van der Waals surface area contributed by atoms with Crippen molar-refractivity contribution < 1.29 is 26.4 Å². The molecule has 0 amide bonds. The quantitative estimate of drug-likeness (QED) is 0.519. The lowest BCUT2D eigenvalue weighted by atomic mass is 10.4. The zero-order chi connectivity index (χ0) is 21.2. The normalized spacial score (nSPS) is 12.0. The van der Waals surface area contributed by atoms with Crippen molar-refractivity contribution in [3.05, 3.63) is 35.6 Å². The van der Waals surface area contributed by atoms with Crippen molar-refractivity contribution in [3.63, 3.8) is 0 Å². The summed E-state index contributed by atoms with van der Waals surface area (Å²) in [5.41, 5.74) is 0.306. The maximum Gasteiger partial charge on any atom is 0.314 e.